The molecule has 118 valence electrons. The standard InChI is InChI=1S/C16H32N2O2/c1-5-7-9-10-11-15(19)18(4)14-12-16(20)17(3)13-8-6-2/h5-14H2,1-4H3. The van der Waals surface area contributed by atoms with Gasteiger partial charge in [-0.2, -0.15) is 0 Å². The molecule has 0 atom stereocenters. The molecule has 0 unspecified atom stereocenters. The Labute approximate surface area is 124 Å². The van der Waals surface area contributed by atoms with Crippen molar-refractivity contribution in [2.24, 2.45) is 0 Å². The first-order valence-electron chi connectivity index (χ1n) is 8.00. The minimum atomic E-state index is 0.129. The van der Waals surface area contributed by atoms with E-state index in [1.807, 2.05) is 7.05 Å². The van der Waals surface area contributed by atoms with Crippen LogP contribution in [0.1, 0.15) is 65.2 Å². The molecule has 0 aromatic heterocycles. The molecule has 4 nitrogen and oxygen atoms in total. The Morgan fingerprint density at radius 2 is 1.25 bits per heavy atom. The van der Waals surface area contributed by atoms with Crippen LogP contribution in [-0.4, -0.2) is 48.8 Å². The molecule has 0 bridgehead atoms. The van der Waals surface area contributed by atoms with Gasteiger partial charge in [-0.05, 0) is 12.8 Å². The van der Waals surface area contributed by atoms with Gasteiger partial charge in [0, 0.05) is 40.0 Å². The Morgan fingerprint density at radius 1 is 0.700 bits per heavy atom. The largest absolute Gasteiger partial charge is 0.346 e. The van der Waals surface area contributed by atoms with Gasteiger partial charge in [0.2, 0.25) is 11.8 Å². The lowest BCUT2D eigenvalue weighted by molar-refractivity contribution is -0.133. The third-order valence-corrected chi connectivity index (χ3v) is 3.60. The van der Waals surface area contributed by atoms with E-state index in [4.69, 9.17) is 0 Å². The molecule has 0 heterocycles. The van der Waals surface area contributed by atoms with Crippen molar-refractivity contribution in [1.82, 2.24) is 9.80 Å². The van der Waals surface area contributed by atoms with Crippen LogP contribution in [0.4, 0.5) is 0 Å². The van der Waals surface area contributed by atoms with Crippen LogP contribution < -0.4 is 0 Å². The Balaban J connectivity index is 3.81. The van der Waals surface area contributed by atoms with Gasteiger partial charge in [-0.15, -0.1) is 0 Å². The molecule has 0 aromatic rings. The molecule has 0 rings (SSSR count). The molecule has 0 saturated carbocycles. The molecule has 0 radical (unpaired) electrons. The first-order valence-corrected chi connectivity index (χ1v) is 8.00. The zero-order valence-electron chi connectivity index (χ0n) is 13.8. The van der Waals surface area contributed by atoms with Crippen LogP contribution in [0.15, 0.2) is 0 Å². The molecular weight excluding hydrogens is 252 g/mol. The molecule has 0 N–H and O–H groups in total. The SMILES string of the molecule is CCCCCCC(=O)N(C)CCC(=O)N(C)CCCC. The monoisotopic (exact) mass is 284 g/mol. The van der Waals surface area contributed by atoms with Crippen molar-refractivity contribution in [3.8, 4) is 0 Å². The summed E-state index contributed by atoms with van der Waals surface area (Å²) in [4.78, 5) is 27.2. The van der Waals surface area contributed by atoms with Crippen molar-refractivity contribution < 1.29 is 9.59 Å². The van der Waals surface area contributed by atoms with Crippen LogP contribution in [0.25, 0.3) is 0 Å². The summed E-state index contributed by atoms with van der Waals surface area (Å²) in [5.74, 6) is 0.286. The van der Waals surface area contributed by atoms with Crippen LogP contribution >= 0.6 is 0 Å². The van der Waals surface area contributed by atoms with Crippen molar-refractivity contribution in [3.05, 3.63) is 0 Å². The molecule has 0 aliphatic heterocycles. The fraction of sp³-hybridized carbons (Fsp3) is 0.875. The second-order valence-corrected chi connectivity index (χ2v) is 5.54. The van der Waals surface area contributed by atoms with Crippen molar-refractivity contribution >= 4 is 11.8 Å². The lowest BCUT2D eigenvalue weighted by Gasteiger charge is -2.20. The number of carbonyl (C=O) groups excluding carboxylic acids is 2. The van der Waals surface area contributed by atoms with Gasteiger partial charge in [-0.25, -0.2) is 0 Å². The van der Waals surface area contributed by atoms with Crippen LogP contribution in [0.3, 0.4) is 0 Å². The normalized spacial score (nSPS) is 10.4. The molecular formula is C16H32N2O2. The molecule has 0 spiro atoms. The van der Waals surface area contributed by atoms with Crippen LogP contribution in [0, 0.1) is 0 Å². The second kappa shape index (κ2) is 11.7. The number of carbonyl (C=O) groups is 2. The third kappa shape index (κ3) is 8.94. The van der Waals surface area contributed by atoms with Gasteiger partial charge in [-0.1, -0.05) is 39.5 Å². The number of amides is 2. The average Bonchev–Trinajstić information content (AvgIpc) is 2.45. The van der Waals surface area contributed by atoms with E-state index >= 15 is 0 Å². The fourth-order valence-electron chi connectivity index (χ4n) is 1.99. The van der Waals surface area contributed by atoms with Gasteiger partial charge in [-0.3, -0.25) is 9.59 Å². The van der Waals surface area contributed by atoms with Crippen molar-refractivity contribution in [2.45, 2.75) is 65.2 Å². The Bertz CT molecular complexity index is 280. The zero-order chi connectivity index (χ0) is 15.4. The first-order chi connectivity index (χ1) is 9.52. The van der Waals surface area contributed by atoms with Gasteiger partial charge < -0.3 is 9.80 Å². The second-order valence-electron chi connectivity index (χ2n) is 5.54. The number of hydrogen-bond acceptors (Lipinski definition) is 2. The molecule has 0 aromatic carbocycles. The van der Waals surface area contributed by atoms with Gasteiger partial charge in [0.1, 0.15) is 0 Å². The Morgan fingerprint density at radius 3 is 1.85 bits per heavy atom. The summed E-state index contributed by atoms with van der Waals surface area (Å²) >= 11 is 0. The highest BCUT2D eigenvalue weighted by molar-refractivity contribution is 5.78. The number of nitrogens with zero attached hydrogens (tertiary/aromatic N) is 2. The first kappa shape index (κ1) is 18.9. The van der Waals surface area contributed by atoms with Crippen LogP contribution in [-0.2, 0) is 9.59 Å². The van der Waals surface area contributed by atoms with E-state index in [1.54, 1.807) is 16.8 Å². The minimum Gasteiger partial charge on any atom is -0.346 e. The van der Waals surface area contributed by atoms with Crippen LogP contribution in [0.2, 0.25) is 0 Å². The van der Waals surface area contributed by atoms with Crippen LogP contribution in [0.5, 0.6) is 0 Å². The molecule has 0 saturated heterocycles. The van der Waals surface area contributed by atoms with Gasteiger partial charge in [0.05, 0.1) is 0 Å². The predicted octanol–water partition coefficient (Wildman–Crippen LogP) is 3.06. The Hall–Kier alpha value is -1.06. The highest BCUT2D eigenvalue weighted by atomic mass is 16.2. The van der Waals surface area contributed by atoms with Crippen molar-refractivity contribution in [1.29, 1.82) is 0 Å². The maximum Gasteiger partial charge on any atom is 0.224 e. The fourth-order valence-corrected chi connectivity index (χ4v) is 1.99. The Kier molecular flexibility index (Phi) is 11.1. The van der Waals surface area contributed by atoms with E-state index in [1.165, 1.54) is 12.8 Å². The molecule has 0 aliphatic rings. The quantitative estimate of drug-likeness (QED) is 0.547. The van der Waals surface area contributed by atoms with E-state index in [2.05, 4.69) is 13.8 Å². The maximum absolute atomic E-state index is 11.9. The lowest BCUT2D eigenvalue weighted by atomic mass is 10.1. The highest BCUT2D eigenvalue weighted by Gasteiger charge is 2.12. The summed E-state index contributed by atoms with van der Waals surface area (Å²) in [5.41, 5.74) is 0. The number of hydrogen-bond donors (Lipinski definition) is 0. The zero-order valence-corrected chi connectivity index (χ0v) is 13.8. The number of rotatable bonds is 11. The third-order valence-electron chi connectivity index (χ3n) is 3.60. The highest BCUT2D eigenvalue weighted by Crippen LogP contribution is 2.05. The average molecular weight is 284 g/mol. The van der Waals surface area contributed by atoms with Gasteiger partial charge in [0.15, 0.2) is 0 Å². The maximum atomic E-state index is 11.9. The summed E-state index contributed by atoms with van der Waals surface area (Å²) in [5, 5.41) is 0. The smallest absolute Gasteiger partial charge is 0.224 e. The van der Waals surface area contributed by atoms with E-state index in [0.717, 1.165) is 32.2 Å². The summed E-state index contributed by atoms with van der Waals surface area (Å²) in [6.45, 7) is 5.61. The minimum absolute atomic E-state index is 0.129. The molecule has 2 amide bonds. The predicted molar refractivity (Wildman–Crippen MR) is 83.6 cm³/mol. The number of unbranched alkanes of at least 4 members (excludes halogenated alkanes) is 4. The molecule has 4 heteroatoms. The summed E-state index contributed by atoms with van der Waals surface area (Å²) in [6.07, 6.45) is 7.62. The van der Waals surface area contributed by atoms with Crippen molar-refractivity contribution in [3.63, 3.8) is 0 Å². The topological polar surface area (TPSA) is 40.6 Å². The summed E-state index contributed by atoms with van der Waals surface area (Å²) in [7, 11) is 3.63. The van der Waals surface area contributed by atoms with E-state index in [0.29, 0.717) is 19.4 Å². The van der Waals surface area contributed by atoms with E-state index in [-0.39, 0.29) is 11.8 Å². The molecule has 20 heavy (non-hydrogen) atoms. The molecule has 0 aliphatic carbocycles. The molecule has 0 fully saturated rings. The van der Waals surface area contributed by atoms with E-state index < -0.39 is 0 Å². The summed E-state index contributed by atoms with van der Waals surface area (Å²) in [6, 6.07) is 0. The van der Waals surface area contributed by atoms with Crippen molar-refractivity contribution in [2.75, 3.05) is 27.2 Å². The van der Waals surface area contributed by atoms with E-state index in [9.17, 15) is 9.59 Å². The summed E-state index contributed by atoms with van der Waals surface area (Å²) < 4.78 is 0. The van der Waals surface area contributed by atoms with Gasteiger partial charge in [0.25, 0.3) is 0 Å². The van der Waals surface area contributed by atoms with Gasteiger partial charge >= 0.3 is 0 Å². The lowest BCUT2D eigenvalue weighted by Crippen LogP contribution is -2.33.